The topological polar surface area (TPSA) is 76.1 Å². The predicted octanol–water partition coefficient (Wildman–Crippen LogP) is 1.83. The van der Waals surface area contributed by atoms with Crippen molar-refractivity contribution in [2.75, 3.05) is 33.4 Å². The van der Waals surface area contributed by atoms with Crippen LogP contribution in [0.1, 0.15) is 32.3 Å². The summed E-state index contributed by atoms with van der Waals surface area (Å²) in [4.78, 5) is 22.9. The van der Waals surface area contributed by atoms with E-state index in [-0.39, 0.29) is 11.9 Å². The molecule has 0 bridgehead atoms. The lowest BCUT2D eigenvalue weighted by atomic mass is 9.97. The van der Waals surface area contributed by atoms with Crippen LogP contribution < -0.4 is 10.1 Å². The molecule has 1 aliphatic rings. The van der Waals surface area contributed by atoms with E-state index in [9.17, 15) is 4.79 Å². The summed E-state index contributed by atoms with van der Waals surface area (Å²) in [6.07, 6.45) is 3.32. The number of esters is 1. The third-order valence-electron chi connectivity index (χ3n) is 4.17. The van der Waals surface area contributed by atoms with Crippen LogP contribution in [0.3, 0.4) is 0 Å². The number of guanidine groups is 1. The van der Waals surface area contributed by atoms with Gasteiger partial charge < -0.3 is 19.7 Å². The highest BCUT2D eigenvalue weighted by atomic mass is 16.5. The number of rotatable bonds is 6. The fourth-order valence-electron chi connectivity index (χ4n) is 2.84. The van der Waals surface area contributed by atoms with Crippen molar-refractivity contribution in [1.29, 1.82) is 0 Å². The van der Waals surface area contributed by atoms with Crippen LogP contribution in [0.25, 0.3) is 0 Å². The molecule has 1 aliphatic heterocycles. The number of carbonyl (C=O) groups excluding carboxylic acids is 1. The summed E-state index contributed by atoms with van der Waals surface area (Å²) >= 11 is 0. The normalized spacial score (nSPS) is 15.8. The molecule has 0 radical (unpaired) electrons. The zero-order valence-electron chi connectivity index (χ0n) is 15.3. The van der Waals surface area contributed by atoms with Gasteiger partial charge in [0.25, 0.3) is 0 Å². The van der Waals surface area contributed by atoms with Gasteiger partial charge in [-0.1, -0.05) is 0 Å². The van der Waals surface area contributed by atoms with Crippen LogP contribution in [0.15, 0.2) is 23.3 Å². The predicted molar refractivity (Wildman–Crippen MR) is 96.5 cm³/mol. The Labute approximate surface area is 149 Å². The summed E-state index contributed by atoms with van der Waals surface area (Å²) in [5, 5.41) is 3.33. The van der Waals surface area contributed by atoms with E-state index < -0.39 is 0 Å². The van der Waals surface area contributed by atoms with Crippen LogP contribution in [0.4, 0.5) is 0 Å². The maximum Gasteiger partial charge on any atom is 0.309 e. The number of nitrogens with zero attached hydrogens (tertiary/aromatic N) is 3. The van der Waals surface area contributed by atoms with Gasteiger partial charge in [0.15, 0.2) is 5.96 Å². The van der Waals surface area contributed by atoms with Gasteiger partial charge in [-0.15, -0.1) is 0 Å². The number of aliphatic imine (C=N–C) groups is 1. The number of piperidine rings is 1. The number of hydrogen-bond donors (Lipinski definition) is 1. The molecule has 1 aromatic heterocycles. The molecule has 2 rings (SSSR count). The Bertz CT molecular complexity index is 583. The van der Waals surface area contributed by atoms with E-state index in [2.05, 4.69) is 22.1 Å². The van der Waals surface area contributed by atoms with Crippen molar-refractivity contribution in [2.24, 2.45) is 10.9 Å². The summed E-state index contributed by atoms with van der Waals surface area (Å²) in [6.45, 7) is 7.30. The van der Waals surface area contributed by atoms with E-state index in [1.807, 2.05) is 19.1 Å². The first-order valence-electron chi connectivity index (χ1n) is 8.86. The molecule has 138 valence electrons. The highest BCUT2D eigenvalue weighted by Gasteiger charge is 2.27. The Morgan fingerprint density at radius 3 is 2.80 bits per heavy atom. The van der Waals surface area contributed by atoms with Gasteiger partial charge in [-0.25, -0.2) is 9.98 Å². The van der Waals surface area contributed by atoms with Crippen molar-refractivity contribution in [3.8, 4) is 5.88 Å². The van der Waals surface area contributed by atoms with E-state index in [1.165, 1.54) is 0 Å². The minimum Gasteiger partial charge on any atom is -0.481 e. The molecule has 0 aromatic carbocycles. The van der Waals surface area contributed by atoms with Crippen molar-refractivity contribution < 1.29 is 14.3 Å². The monoisotopic (exact) mass is 348 g/mol. The van der Waals surface area contributed by atoms with E-state index >= 15 is 0 Å². The van der Waals surface area contributed by atoms with Gasteiger partial charge >= 0.3 is 5.97 Å². The molecular weight excluding hydrogens is 320 g/mol. The van der Waals surface area contributed by atoms with E-state index in [1.54, 1.807) is 13.3 Å². The number of ether oxygens (including phenoxy) is 2. The molecule has 7 heteroatoms. The number of pyridine rings is 1. The van der Waals surface area contributed by atoms with Crippen LogP contribution in [0.2, 0.25) is 0 Å². The molecule has 2 heterocycles. The first kappa shape index (κ1) is 19.0. The van der Waals surface area contributed by atoms with Crippen LogP contribution in [-0.2, 0) is 16.1 Å². The number of likely N-dealkylation sites (tertiary alicyclic amines) is 1. The highest BCUT2D eigenvalue weighted by Crippen LogP contribution is 2.19. The van der Waals surface area contributed by atoms with Gasteiger partial charge in [-0.2, -0.15) is 0 Å². The van der Waals surface area contributed by atoms with Crippen LogP contribution >= 0.6 is 0 Å². The molecule has 0 atom stereocenters. The molecule has 1 aromatic rings. The second-order valence-electron chi connectivity index (χ2n) is 5.89. The minimum absolute atomic E-state index is 0.00327. The molecule has 1 saturated heterocycles. The Kier molecular flexibility index (Phi) is 7.50. The van der Waals surface area contributed by atoms with Crippen LogP contribution in [0, 0.1) is 5.92 Å². The molecule has 1 fully saturated rings. The smallest absolute Gasteiger partial charge is 0.309 e. The van der Waals surface area contributed by atoms with Gasteiger partial charge in [0, 0.05) is 31.9 Å². The van der Waals surface area contributed by atoms with Crippen molar-refractivity contribution in [3.63, 3.8) is 0 Å². The fraction of sp³-hybridized carbons (Fsp3) is 0.611. The Balaban J connectivity index is 1.97. The fourth-order valence-corrected chi connectivity index (χ4v) is 2.84. The number of carbonyl (C=O) groups is 1. The largest absolute Gasteiger partial charge is 0.481 e. The molecule has 7 nitrogen and oxygen atoms in total. The van der Waals surface area contributed by atoms with Crippen molar-refractivity contribution in [1.82, 2.24) is 15.2 Å². The number of methoxy groups -OCH3 is 1. The maximum absolute atomic E-state index is 11.9. The Morgan fingerprint density at radius 1 is 1.40 bits per heavy atom. The average molecular weight is 348 g/mol. The van der Waals surface area contributed by atoms with Gasteiger partial charge in [-0.3, -0.25) is 4.79 Å². The Morgan fingerprint density at radius 2 is 2.16 bits per heavy atom. The Hall–Kier alpha value is -2.31. The summed E-state index contributed by atoms with van der Waals surface area (Å²) in [5.74, 6) is 1.39. The third-order valence-corrected chi connectivity index (χ3v) is 4.17. The van der Waals surface area contributed by atoms with E-state index in [0.29, 0.717) is 19.0 Å². The summed E-state index contributed by atoms with van der Waals surface area (Å²) in [5.41, 5.74) is 1.05. The second kappa shape index (κ2) is 9.86. The lowest BCUT2D eigenvalue weighted by Gasteiger charge is -2.33. The standard InChI is InChI=1S/C18H28N4O3/c1-4-19-18(21-13-14-6-9-20-16(12-14)24-3)22-10-7-15(8-11-22)17(23)25-5-2/h6,9,12,15H,4-5,7-8,10-11,13H2,1-3H3,(H,19,21). The number of hydrogen-bond acceptors (Lipinski definition) is 5. The van der Waals surface area contributed by atoms with Crippen molar-refractivity contribution in [2.45, 2.75) is 33.2 Å². The molecule has 0 saturated carbocycles. The zero-order valence-corrected chi connectivity index (χ0v) is 15.3. The quantitative estimate of drug-likeness (QED) is 0.480. The number of nitrogens with one attached hydrogen (secondary N) is 1. The first-order valence-corrected chi connectivity index (χ1v) is 8.86. The second-order valence-corrected chi connectivity index (χ2v) is 5.89. The molecule has 0 unspecified atom stereocenters. The minimum atomic E-state index is -0.0760. The molecule has 25 heavy (non-hydrogen) atoms. The third kappa shape index (κ3) is 5.62. The maximum atomic E-state index is 11.9. The molecule has 1 N–H and O–H groups in total. The van der Waals surface area contributed by atoms with Crippen LogP contribution in [0.5, 0.6) is 5.88 Å². The molecule has 0 amide bonds. The highest BCUT2D eigenvalue weighted by molar-refractivity contribution is 5.80. The van der Waals surface area contributed by atoms with E-state index in [4.69, 9.17) is 14.5 Å². The first-order chi connectivity index (χ1) is 12.2. The van der Waals surface area contributed by atoms with E-state index in [0.717, 1.165) is 44.0 Å². The van der Waals surface area contributed by atoms with Gasteiger partial charge in [0.1, 0.15) is 0 Å². The molecule has 0 spiro atoms. The number of aromatic nitrogens is 1. The summed E-state index contributed by atoms with van der Waals surface area (Å²) in [7, 11) is 1.60. The summed E-state index contributed by atoms with van der Waals surface area (Å²) < 4.78 is 10.3. The van der Waals surface area contributed by atoms with Gasteiger partial charge in [-0.05, 0) is 38.3 Å². The lowest BCUT2D eigenvalue weighted by molar-refractivity contribution is -0.149. The van der Waals surface area contributed by atoms with Crippen molar-refractivity contribution in [3.05, 3.63) is 23.9 Å². The lowest BCUT2D eigenvalue weighted by Crippen LogP contribution is -2.46. The zero-order chi connectivity index (χ0) is 18.1. The molecular formula is C18H28N4O3. The SMILES string of the molecule is CCNC(=NCc1ccnc(OC)c1)N1CCC(C(=O)OCC)CC1. The molecule has 0 aliphatic carbocycles. The van der Waals surface area contributed by atoms with Crippen molar-refractivity contribution >= 4 is 11.9 Å². The van der Waals surface area contributed by atoms with Crippen LogP contribution in [-0.4, -0.2) is 55.2 Å². The summed E-state index contributed by atoms with van der Waals surface area (Å²) in [6, 6.07) is 3.82. The average Bonchev–Trinajstić information content (AvgIpc) is 2.65. The van der Waals surface area contributed by atoms with Gasteiger partial charge in [0.2, 0.25) is 5.88 Å². The van der Waals surface area contributed by atoms with Gasteiger partial charge in [0.05, 0.1) is 26.2 Å².